The van der Waals surface area contributed by atoms with Gasteiger partial charge in [0.15, 0.2) is 0 Å². The van der Waals surface area contributed by atoms with Gasteiger partial charge in [-0.1, -0.05) is 0 Å². The first-order valence-electron chi connectivity index (χ1n) is 3.13. The van der Waals surface area contributed by atoms with Crippen LogP contribution in [0.15, 0.2) is 12.0 Å². The van der Waals surface area contributed by atoms with Crippen molar-refractivity contribution in [2.45, 2.75) is 6.42 Å². The van der Waals surface area contributed by atoms with E-state index in [2.05, 4.69) is 5.32 Å². The molecule has 64 valence electrons. The fourth-order valence-corrected chi connectivity index (χ4v) is 0.499. The number of nitrogens with one attached hydrogen (secondary N) is 1. The maximum absolute atomic E-state index is 9.92. The number of carbonyl (C=O) groups is 1. The van der Waals surface area contributed by atoms with Crippen LogP contribution in [-0.2, 0) is 4.79 Å². The third kappa shape index (κ3) is 8.77. The van der Waals surface area contributed by atoms with Crippen molar-refractivity contribution in [3.63, 3.8) is 0 Å². The lowest BCUT2D eigenvalue weighted by molar-refractivity contribution is -0.135. The van der Waals surface area contributed by atoms with E-state index in [4.69, 9.17) is 15.3 Å². The molecular weight excluding hydrogens is 150 g/mol. The Bertz CT molecular complexity index is 151. The molecule has 0 saturated carbocycles. The quantitative estimate of drug-likeness (QED) is 0.337. The highest BCUT2D eigenvalue weighted by molar-refractivity contribution is 5.68. The van der Waals surface area contributed by atoms with E-state index in [1.807, 2.05) is 0 Å². The minimum Gasteiger partial charge on any atom is -0.481 e. The molecule has 0 atom stereocenters. The van der Waals surface area contributed by atoms with Gasteiger partial charge in [0, 0.05) is 0 Å². The lowest BCUT2D eigenvalue weighted by Crippen LogP contribution is -2.23. The Balaban J connectivity index is 3.15. The van der Waals surface area contributed by atoms with Gasteiger partial charge in [0.1, 0.15) is 0 Å². The van der Waals surface area contributed by atoms with Gasteiger partial charge in [-0.3, -0.25) is 4.79 Å². The van der Waals surface area contributed by atoms with Crippen LogP contribution in [0.1, 0.15) is 6.42 Å². The van der Waals surface area contributed by atoms with E-state index in [1.165, 1.54) is 6.08 Å². The largest absolute Gasteiger partial charge is 0.481 e. The maximum Gasteiger partial charge on any atom is 0.317 e. The number of aliphatic hydroxyl groups is 2. The summed E-state index contributed by atoms with van der Waals surface area (Å²) in [5.74, 6) is -1.66. The molecule has 0 aliphatic carbocycles. The summed E-state index contributed by atoms with van der Waals surface area (Å²) in [5.41, 5.74) is 0. The lowest BCUT2D eigenvalue weighted by Gasteiger charge is -1.96. The number of hydrogen-bond acceptors (Lipinski definition) is 4. The summed E-state index contributed by atoms with van der Waals surface area (Å²) in [6.07, 6.45) is 1.59. The highest BCUT2D eigenvalue weighted by Crippen LogP contribution is 1.84. The van der Waals surface area contributed by atoms with Crippen LogP contribution in [0.4, 0.5) is 0 Å². The summed E-state index contributed by atoms with van der Waals surface area (Å²) in [6.45, 7) is 0.303. The molecule has 11 heavy (non-hydrogen) atoms. The van der Waals surface area contributed by atoms with Crippen molar-refractivity contribution in [3.8, 4) is 0 Å². The smallest absolute Gasteiger partial charge is 0.317 e. The summed E-state index contributed by atoms with van der Waals surface area (Å²) in [5, 5.41) is 27.2. The Hall–Kier alpha value is -1.23. The molecule has 0 aromatic heterocycles. The van der Waals surface area contributed by atoms with E-state index in [0.717, 1.165) is 0 Å². The van der Waals surface area contributed by atoms with E-state index < -0.39 is 11.9 Å². The highest BCUT2D eigenvalue weighted by atomic mass is 16.5. The van der Waals surface area contributed by atoms with Crippen molar-refractivity contribution < 1.29 is 20.1 Å². The summed E-state index contributed by atoms with van der Waals surface area (Å²) in [7, 11) is 0. The van der Waals surface area contributed by atoms with Crippen molar-refractivity contribution in [2.75, 3.05) is 13.1 Å². The number of aliphatic hydroxyl groups excluding tert-OH is 1. The van der Waals surface area contributed by atoms with Gasteiger partial charge >= 0.3 is 5.97 Å². The fraction of sp³-hybridized carbons (Fsp3) is 0.500. The van der Waals surface area contributed by atoms with Crippen molar-refractivity contribution >= 4 is 5.97 Å². The minimum absolute atomic E-state index is 0.111. The van der Waals surface area contributed by atoms with E-state index in [1.54, 1.807) is 0 Å². The Kier molecular flexibility index (Phi) is 4.93. The summed E-state index contributed by atoms with van der Waals surface area (Å²) in [4.78, 5) is 9.92. The molecule has 0 heterocycles. The van der Waals surface area contributed by atoms with E-state index in [-0.39, 0.29) is 6.54 Å². The van der Waals surface area contributed by atoms with Crippen molar-refractivity contribution in [1.29, 1.82) is 0 Å². The number of carboxylic acid groups (broad SMARTS) is 1. The second-order valence-electron chi connectivity index (χ2n) is 1.92. The van der Waals surface area contributed by atoms with Crippen LogP contribution in [0, 0.1) is 0 Å². The second kappa shape index (κ2) is 5.55. The van der Waals surface area contributed by atoms with Crippen molar-refractivity contribution in [1.82, 2.24) is 5.32 Å². The van der Waals surface area contributed by atoms with Crippen molar-refractivity contribution in [3.05, 3.63) is 12.0 Å². The van der Waals surface area contributed by atoms with Gasteiger partial charge in [-0.05, 0) is 19.0 Å². The zero-order valence-corrected chi connectivity index (χ0v) is 5.95. The van der Waals surface area contributed by atoms with E-state index in [9.17, 15) is 4.79 Å². The van der Waals surface area contributed by atoms with Crippen LogP contribution in [0.5, 0.6) is 0 Å². The molecule has 0 spiro atoms. The molecule has 0 aromatic rings. The van der Waals surface area contributed by atoms with E-state index in [0.29, 0.717) is 13.0 Å². The fourth-order valence-electron chi connectivity index (χ4n) is 0.499. The Morgan fingerprint density at radius 2 is 2.00 bits per heavy atom. The van der Waals surface area contributed by atoms with Gasteiger partial charge in [0.05, 0.1) is 6.54 Å². The van der Waals surface area contributed by atoms with Crippen LogP contribution in [0.25, 0.3) is 0 Å². The van der Waals surface area contributed by atoms with Gasteiger partial charge in [0.25, 0.3) is 5.95 Å². The molecular formula is C6H11NO4. The molecule has 0 rings (SSSR count). The zero-order valence-electron chi connectivity index (χ0n) is 5.95. The zero-order chi connectivity index (χ0) is 8.69. The van der Waals surface area contributed by atoms with Gasteiger partial charge in [-0.2, -0.15) is 0 Å². The first-order chi connectivity index (χ1) is 5.13. The van der Waals surface area contributed by atoms with Crippen LogP contribution in [-0.4, -0.2) is 34.4 Å². The Morgan fingerprint density at radius 1 is 1.36 bits per heavy atom. The molecule has 0 saturated heterocycles. The topological polar surface area (TPSA) is 89.8 Å². The SMILES string of the molecule is O=C(O)CNCCC=C(O)O. The van der Waals surface area contributed by atoms with Crippen LogP contribution in [0.3, 0.4) is 0 Å². The second-order valence-corrected chi connectivity index (χ2v) is 1.92. The first-order valence-corrected chi connectivity index (χ1v) is 3.13. The highest BCUT2D eigenvalue weighted by Gasteiger charge is 1.92. The van der Waals surface area contributed by atoms with Crippen molar-refractivity contribution in [2.24, 2.45) is 0 Å². The third-order valence-electron chi connectivity index (χ3n) is 0.924. The van der Waals surface area contributed by atoms with E-state index >= 15 is 0 Å². The van der Waals surface area contributed by atoms with Gasteiger partial charge in [-0.25, -0.2) is 0 Å². The first kappa shape index (κ1) is 9.77. The molecule has 0 amide bonds. The summed E-state index contributed by atoms with van der Waals surface area (Å²) < 4.78 is 0. The lowest BCUT2D eigenvalue weighted by atomic mass is 10.4. The third-order valence-corrected chi connectivity index (χ3v) is 0.924. The number of carboxylic acids is 1. The molecule has 0 aliphatic rings. The number of aliphatic carboxylic acids is 1. The molecule has 0 aliphatic heterocycles. The van der Waals surface area contributed by atoms with Crippen LogP contribution >= 0.6 is 0 Å². The average Bonchev–Trinajstić information content (AvgIpc) is 1.85. The molecule has 0 radical (unpaired) electrons. The Labute approximate surface area is 64.0 Å². The average molecular weight is 161 g/mol. The maximum atomic E-state index is 9.92. The monoisotopic (exact) mass is 161 g/mol. The number of rotatable bonds is 5. The van der Waals surface area contributed by atoms with Gasteiger partial charge in [-0.15, -0.1) is 0 Å². The van der Waals surface area contributed by atoms with Gasteiger partial charge < -0.3 is 20.6 Å². The molecule has 4 N–H and O–H groups in total. The minimum atomic E-state index is -0.929. The molecule has 0 fully saturated rings. The molecule has 0 aromatic carbocycles. The Morgan fingerprint density at radius 3 is 2.45 bits per heavy atom. The summed E-state index contributed by atoms with van der Waals surface area (Å²) >= 11 is 0. The standard InChI is InChI=1S/C6H11NO4/c8-5(9)2-1-3-7-4-6(10)11/h2,7-9H,1,3-4H2,(H,10,11). The molecule has 5 heteroatoms. The van der Waals surface area contributed by atoms with Crippen LogP contribution < -0.4 is 5.32 Å². The van der Waals surface area contributed by atoms with Gasteiger partial charge in [0.2, 0.25) is 0 Å². The number of hydrogen-bond donors (Lipinski definition) is 4. The predicted octanol–water partition coefficient (Wildman–Crippen LogP) is 0.00810. The van der Waals surface area contributed by atoms with Crippen LogP contribution in [0.2, 0.25) is 0 Å². The molecule has 5 nitrogen and oxygen atoms in total. The molecule has 0 bridgehead atoms. The molecule has 0 unspecified atom stereocenters. The predicted molar refractivity (Wildman–Crippen MR) is 38.5 cm³/mol. The summed E-state index contributed by atoms with van der Waals surface area (Å²) in [6, 6.07) is 0. The normalized spacial score (nSPS) is 9.09.